The minimum absolute atomic E-state index is 0.246. The summed E-state index contributed by atoms with van der Waals surface area (Å²) in [5.74, 6) is 0.455. The molecule has 0 unspecified atom stereocenters. The van der Waals surface area contributed by atoms with Crippen molar-refractivity contribution < 1.29 is 14.3 Å². The molecule has 0 fully saturated rings. The molecule has 0 amide bonds. The van der Waals surface area contributed by atoms with E-state index in [4.69, 9.17) is 16.3 Å². The lowest BCUT2D eigenvalue weighted by Gasteiger charge is -2.10. The van der Waals surface area contributed by atoms with Gasteiger partial charge in [0.2, 0.25) is 0 Å². The molecule has 0 aliphatic carbocycles. The molecule has 0 N–H and O–H groups in total. The highest BCUT2D eigenvalue weighted by atomic mass is 35.5. The number of carbonyl (C=O) groups excluding carboxylic acids is 1. The van der Waals surface area contributed by atoms with Gasteiger partial charge in [-0.3, -0.25) is 4.79 Å². The molecular formula is C23H21ClO3. The third-order valence-corrected chi connectivity index (χ3v) is 4.64. The summed E-state index contributed by atoms with van der Waals surface area (Å²) in [6.07, 6.45) is 0.855. The monoisotopic (exact) mass is 380 g/mol. The topological polar surface area (TPSA) is 35.5 Å². The molecule has 138 valence electrons. The second-order valence-corrected chi connectivity index (χ2v) is 6.59. The third kappa shape index (κ3) is 5.35. The summed E-state index contributed by atoms with van der Waals surface area (Å²) >= 11 is 6.31. The van der Waals surface area contributed by atoms with Gasteiger partial charge in [0.15, 0.2) is 0 Å². The van der Waals surface area contributed by atoms with Crippen LogP contribution in [0.25, 0.3) is 11.1 Å². The molecule has 0 saturated heterocycles. The van der Waals surface area contributed by atoms with E-state index >= 15 is 0 Å². The number of esters is 1. The Morgan fingerprint density at radius 3 is 2.44 bits per heavy atom. The summed E-state index contributed by atoms with van der Waals surface area (Å²) in [6, 6.07) is 24.1. The molecule has 0 aromatic heterocycles. The van der Waals surface area contributed by atoms with Crippen LogP contribution in [0.15, 0.2) is 72.8 Å². The average Bonchev–Trinajstić information content (AvgIpc) is 2.72. The van der Waals surface area contributed by atoms with E-state index in [0.717, 1.165) is 16.7 Å². The van der Waals surface area contributed by atoms with Crippen molar-refractivity contribution in [1.82, 2.24) is 0 Å². The first-order valence-electron chi connectivity index (χ1n) is 8.78. The molecule has 0 radical (unpaired) electrons. The van der Waals surface area contributed by atoms with Gasteiger partial charge in [0.05, 0.1) is 7.11 Å². The zero-order chi connectivity index (χ0) is 19.1. The van der Waals surface area contributed by atoms with Gasteiger partial charge in [0.25, 0.3) is 0 Å². The van der Waals surface area contributed by atoms with Gasteiger partial charge in [0, 0.05) is 11.4 Å². The highest BCUT2D eigenvalue weighted by Gasteiger charge is 2.07. The van der Waals surface area contributed by atoms with Crippen molar-refractivity contribution in [3.63, 3.8) is 0 Å². The Bertz CT molecular complexity index is 907. The minimum Gasteiger partial charge on any atom is -0.489 e. The molecule has 0 heterocycles. The van der Waals surface area contributed by atoms with Crippen LogP contribution < -0.4 is 4.74 Å². The number of rotatable bonds is 7. The summed E-state index contributed by atoms with van der Waals surface area (Å²) in [4.78, 5) is 11.3. The minimum atomic E-state index is -0.246. The smallest absolute Gasteiger partial charge is 0.305 e. The van der Waals surface area contributed by atoms with Crippen LogP contribution in [0.3, 0.4) is 0 Å². The van der Waals surface area contributed by atoms with Crippen LogP contribution in [0.4, 0.5) is 0 Å². The Balaban J connectivity index is 1.63. The number of carbonyl (C=O) groups is 1. The fourth-order valence-corrected chi connectivity index (χ4v) is 3.06. The molecule has 0 bridgehead atoms. The van der Waals surface area contributed by atoms with Crippen LogP contribution in [0.2, 0.25) is 5.02 Å². The largest absolute Gasteiger partial charge is 0.489 e. The van der Waals surface area contributed by atoms with Gasteiger partial charge < -0.3 is 9.47 Å². The predicted molar refractivity (Wildman–Crippen MR) is 108 cm³/mol. The van der Waals surface area contributed by atoms with Crippen molar-refractivity contribution in [3.8, 4) is 16.9 Å². The first-order valence-corrected chi connectivity index (χ1v) is 9.16. The normalized spacial score (nSPS) is 10.4. The first-order chi connectivity index (χ1) is 13.2. The summed E-state index contributed by atoms with van der Waals surface area (Å²) < 4.78 is 10.5. The van der Waals surface area contributed by atoms with Gasteiger partial charge in [-0.2, -0.15) is 0 Å². The van der Waals surface area contributed by atoms with E-state index in [1.165, 1.54) is 12.7 Å². The highest BCUT2D eigenvalue weighted by Crippen LogP contribution is 2.25. The van der Waals surface area contributed by atoms with E-state index < -0.39 is 0 Å². The van der Waals surface area contributed by atoms with Crippen LogP contribution in [-0.2, 0) is 22.6 Å². The third-order valence-electron chi connectivity index (χ3n) is 4.29. The van der Waals surface area contributed by atoms with Crippen molar-refractivity contribution in [2.24, 2.45) is 0 Å². The van der Waals surface area contributed by atoms with Crippen LogP contribution in [0.5, 0.6) is 5.75 Å². The molecule has 3 aromatic rings. The fraction of sp³-hybridized carbons (Fsp3) is 0.174. The van der Waals surface area contributed by atoms with Crippen molar-refractivity contribution in [2.45, 2.75) is 19.4 Å². The Hall–Kier alpha value is -2.78. The number of hydrogen-bond donors (Lipinski definition) is 0. The number of ether oxygens (including phenoxy) is 2. The molecule has 0 atom stereocenters. The van der Waals surface area contributed by atoms with Gasteiger partial charge in [-0.1, -0.05) is 66.2 Å². The van der Waals surface area contributed by atoms with Gasteiger partial charge in [-0.15, -0.1) is 0 Å². The summed E-state index contributed by atoms with van der Waals surface area (Å²) in [7, 11) is 1.38. The summed E-state index contributed by atoms with van der Waals surface area (Å²) in [5, 5.41) is 0.592. The molecule has 3 rings (SSSR count). The Kier molecular flexibility index (Phi) is 6.50. The van der Waals surface area contributed by atoms with E-state index in [2.05, 4.69) is 29.0 Å². The molecule has 27 heavy (non-hydrogen) atoms. The Morgan fingerprint density at radius 1 is 0.926 bits per heavy atom. The fourth-order valence-electron chi connectivity index (χ4n) is 2.80. The second-order valence-electron chi connectivity index (χ2n) is 6.18. The molecular weight excluding hydrogens is 360 g/mol. The van der Waals surface area contributed by atoms with Crippen molar-refractivity contribution >= 4 is 17.6 Å². The lowest BCUT2D eigenvalue weighted by molar-refractivity contribution is -0.140. The predicted octanol–water partition coefficient (Wildman–Crippen LogP) is 5.69. The molecule has 3 aromatic carbocycles. The standard InChI is InChI=1S/C23H21ClO3/c1-26-23(25)13-11-19-10-12-21(15-22(19)24)27-16-17-6-5-9-20(14-17)18-7-3-2-4-8-18/h2-10,12,14-15H,11,13,16H2,1H3. The van der Waals surface area contributed by atoms with Crippen LogP contribution >= 0.6 is 11.6 Å². The number of halogens is 1. The molecule has 0 spiro atoms. The lowest BCUT2D eigenvalue weighted by atomic mass is 10.0. The van der Waals surface area contributed by atoms with Crippen molar-refractivity contribution in [1.29, 1.82) is 0 Å². The molecule has 3 nitrogen and oxygen atoms in total. The number of benzene rings is 3. The van der Waals surface area contributed by atoms with Gasteiger partial charge in [-0.25, -0.2) is 0 Å². The Labute approximate surface area is 164 Å². The van der Waals surface area contributed by atoms with E-state index in [-0.39, 0.29) is 5.97 Å². The Morgan fingerprint density at radius 2 is 1.70 bits per heavy atom. The first kappa shape index (κ1) is 19.0. The maximum Gasteiger partial charge on any atom is 0.305 e. The number of methoxy groups -OCH3 is 1. The van der Waals surface area contributed by atoms with E-state index in [9.17, 15) is 4.79 Å². The lowest BCUT2D eigenvalue weighted by Crippen LogP contribution is -2.02. The molecule has 0 aliphatic rings. The molecule has 0 aliphatic heterocycles. The maximum atomic E-state index is 11.3. The van der Waals surface area contributed by atoms with Gasteiger partial charge in [0.1, 0.15) is 12.4 Å². The van der Waals surface area contributed by atoms with Crippen LogP contribution in [0.1, 0.15) is 17.5 Å². The van der Waals surface area contributed by atoms with Gasteiger partial charge >= 0.3 is 5.97 Å². The van der Waals surface area contributed by atoms with Crippen LogP contribution in [-0.4, -0.2) is 13.1 Å². The molecule has 4 heteroatoms. The van der Waals surface area contributed by atoms with E-state index in [0.29, 0.717) is 30.2 Å². The number of aryl methyl sites for hydroxylation is 1. The average molecular weight is 381 g/mol. The summed E-state index contributed by atoms with van der Waals surface area (Å²) in [6.45, 7) is 0.457. The van der Waals surface area contributed by atoms with Crippen molar-refractivity contribution in [2.75, 3.05) is 7.11 Å². The summed E-state index contributed by atoms with van der Waals surface area (Å²) in [5.41, 5.74) is 4.33. The van der Waals surface area contributed by atoms with Crippen LogP contribution in [0, 0.1) is 0 Å². The second kappa shape index (κ2) is 9.24. The zero-order valence-electron chi connectivity index (χ0n) is 15.2. The quantitative estimate of drug-likeness (QED) is 0.494. The highest BCUT2D eigenvalue weighted by molar-refractivity contribution is 6.31. The molecule has 0 saturated carbocycles. The van der Waals surface area contributed by atoms with E-state index in [1.54, 1.807) is 6.07 Å². The van der Waals surface area contributed by atoms with E-state index in [1.807, 2.05) is 42.5 Å². The maximum absolute atomic E-state index is 11.3. The zero-order valence-corrected chi connectivity index (χ0v) is 15.9. The number of hydrogen-bond acceptors (Lipinski definition) is 3. The van der Waals surface area contributed by atoms with Gasteiger partial charge in [-0.05, 0) is 46.9 Å². The SMILES string of the molecule is COC(=O)CCc1ccc(OCc2cccc(-c3ccccc3)c2)cc1Cl. The van der Waals surface area contributed by atoms with Crippen molar-refractivity contribution in [3.05, 3.63) is 88.9 Å².